The lowest BCUT2D eigenvalue weighted by Gasteiger charge is -2.11. The molecule has 0 saturated carbocycles. The van der Waals surface area contributed by atoms with E-state index in [0.29, 0.717) is 0 Å². The van der Waals surface area contributed by atoms with Crippen molar-refractivity contribution in [2.45, 2.75) is 34.1 Å². The van der Waals surface area contributed by atoms with Gasteiger partial charge in [0.05, 0.1) is 5.01 Å². The zero-order valence-electron chi connectivity index (χ0n) is 11.2. The Hall–Kier alpha value is -1.49. The lowest BCUT2D eigenvalue weighted by atomic mass is 10.2. The Morgan fingerprint density at radius 3 is 2.50 bits per heavy atom. The van der Waals surface area contributed by atoms with Gasteiger partial charge in [-0.05, 0) is 27.2 Å². The molecule has 0 aliphatic heterocycles. The molecule has 4 nitrogen and oxygen atoms in total. The van der Waals surface area contributed by atoms with Crippen LogP contribution in [0, 0.1) is 13.8 Å². The first kappa shape index (κ1) is 13.0. The molecule has 2 rings (SSSR count). The molecule has 0 aromatic carbocycles. The normalized spacial score (nSPS) is 10.7. The van der Waals surface area contributed by atoms with Crippen molar-refractivity contribution < 1.29 is 0 Å². The minimum atomic E-state index is 0.720. The van der Waals surface area contributed by atoms with Crippen LogP contribution in [0.15, 0.2) is 5.38 Å². The summed E-state index contributed by atoms with van der Waals surface area (Å²) in [6.45, 7) is 9.10. The third kappa shape index (κ3) is 2.51. The van der Waals surface area contributed by atoms with Crippen LogP contribution in [-0.2, 0) is 6.42 Å². The Bertz CT molecular complexity index is 548. The first-order valence-corrected chi connectivity index (χ1v) is 7.07. The fourth-order valence-electron chi connectivity index (χ4n) is 1.83. The monoisotopic (exact) mass is 262 g/mol. The van der Waals surface area contributed by atoms with E-state index in [1.807, 2.05) is 12.3 Å². The highest BCUT2D eigenvalue weighted by Crippen LogP contribution is 2.23. The van der Waals surface area contributed by atoms with E-state index >= 15 is 0 Å². The summed E-state index contributed by atoms with van der Waals surface area (Å²) in [6.07, 6.45) is 0.906. The second-order valence-electron chi connectivity index (χ2n) is 4.10. The SMILES string of the molecule is CCNc1nc(-c2csc(C)n2)nc(CC)c1C. The highest BCUT2D eigenvalue weighted by molar-refractivity contribution is 7.09. The Morgan fingerprint density at radius 2 is 1.94 bits per heavy atom. The third-order valence-corrected chi connectivity index (χ3v) is 3.55. The first-order chi connectivity index (χ1) is 8.65. The molecule has 96 valence electrons. The minimum Gasteiger partial charge on any atom is -0.370 e. The molecule has 0 bridgehead atoms. The van der Waals surface area contributed by atoms with Gasteiger partial charge in [-0.25, -0.2) is 15.0 Å². The van der Waals surface area contributed by atoms with Crippen molar-refractivity contribution in [2.24, 2.45) is 0 Å². The molecule has 0 aliphatic carbocycles. The van der Waals surface area contributed by atoms with Gasteiger partial charge in [-0.15, -0.1) is 11.3 Å². The summed E-state index contributed by atoms with van der Waals surface area (Å²) in [4.78, 5) is 13.6. The van der Waals surface area contributed by atoms with Crippen molar-refractivity contribution in [2.75, 3.05) is 11.9 Å². The van der Waals surface area contributed by atoms with Gasteiger partial charge in [-0.3, -0.25) is 0 Å². The average molecular weight is 262 g/mol. The Balaban J connectivity index is 2.51. The summed E-state index contributed by atoms with van der Waals surface area (Å²) in [7, 11) is 0. The van der Waals surface area contributed by atoms with Crippen LogP contribution in [0.25, 0.3) is 11.5 Å². The van der Waals surface area contributed by atoms with Gasteiger partial charge in [0.25, 0.3) is 0 Å². The molecule has 0 amide bonds. The molecule has 2 aromatic heterocycles. The van der Waals surface area contributed by atoms with Crippen molar-refractivity contribution >= 4 is 17.2 Å². The molecule has 0 saturated heterocycles. The molecule has 5 heteroatoms. The van der Waals surface area contributed by atoms with Gasteiger partial charge in [0, 0.05) is 23.2 Å². The van der Waals surface area contributed by atoms with E-state index in [2.05, 4.69) is 41.0 Å². The number of nitrogens with zero attached hydrogens (tertiary/aromatic N) is 3. The molecule has 0 fully saturated rings. The Labute approximate surface area is 112 Å². The predicted molar refractivity (Wildman–Crippen MR) is 76.2 cm³/mol. The van der Waals surface area contributed by atoms with Gasteiger partial charge in [0.1, 0.15) is 11.5 Å². The minimum absolute atomic E-state index is 0.720. The molecule has 0 spiro atoms. The molecular formula is C13H18N4S. The molecule has 0 unspecified atom stereocenters. The molecule has 0 atom stereocenters. The highest BCUT2D eigenvalue weighted by Gasteiger charge is 2.12. The van der Waals surface area contributed by atoms with Crippen LogP contribution in [0.5, 0.6) is 0 Å². The van der Waals surface area contributed by atoms with Crippen LogP contribution in [0.3, 0.4) is 0 Å². The Kier molecular flexibility index (Phi) is 3.91. The standard InChI is InChI=1S/C13H18N4S/c1-5-10-8(3)12(14-6-2)17-13(16-10)11-7-18-9(4)15-11/h7H,5-6H2,1-4H3,(H,14,16,17). The smallest absolute Gasteiger partial charge is 0.181 e. The number of anilines is 1. The lowest BCUT2D eigenvalue weighted by molar-refractivity contribution is 0.965. The third-order valence-electron chi connectivity index (χ3n) is 2.77. The van der Waals surface area contributed by atoms with E-state index in [1.54, 1.807) is 11.3 Å². The van der Waals surface area contributed by atoms with Gasteiger partial charge in [-0.2, -0.15) is 0 Å². The summed E-state index contributed by atoms with van der Waals surface area (Å²) >= 11 is 1.62. The van der Waals surface area contributed by atoms with Crippen molar-refractivity contribution in [3.05, 3.63) is 21.6 Å². The number of aryl methyl sites for hydroxylation is 2. The van der Waals surface area contributed by atoms with Crippen LogP contribution < -0.4 is 5.32 Å². The second kappa shape index (κ2) is 5.44. The fraction of sp³-hybridized carbons (Fsp3) is 0.462. The van der Waals surface area contributed by atoms with Crippen LogP contribution in [-0.4, -0.2) is 21.5 Å². The van der Waals surface area contributed by atoms with Gasteiger partial charge in [0.2, 0.25) is 0 Å². The molecular weight excluding hydrogens is 244 g/mol. The van der Waals surface area contributed by atoms with E-state index in [4.69, 9.17) is 0 Å². The molecule has 2 heterocycles. The largest absolute Gasteiger partial charge is 0.370 e. The fourth-order valence-corrected chi connectivity index (χ4v) is 2.42. The maximum absolute atomic E-state index is 4.61. The van der Waals surface area contributed by atoms with E-state index in [0.717, 1.165) is 46.6 Å². The first-order valence-electron chi connectivity index (χ1n) is 6.19. The Morgan fingerprint density at radius 1 is 1.17 bits per heavy atom. The molecule has 1 N–H and O–H groups in total. The number of hydrogen-bond acceptors (Lipinski definition) is 5. The number of thiazole rings is 1. The van der Waals surface area contributed by atoms with Gasteiger partial charge in [-0.1, -0.05) is 6.92 Å². The summed E-state index contributed by atoms with van der Waals surface area (Å²) in [6, 6.07) is 0. The van der Waals surface area contributed by atoms with Crippen LogP contribution in [0.4, 0.5) is 5.82 Å². The zero-order chi connectivity index (χ0) is 13.1. The maximum Gasteiger partial charge on any atom is 0.181 e. The quantitative estimate of drug-likeness (QED) is 0.919. The lowest BCUT2D eigenvalue weighted by Crippen LogP contribution is -2.07. The van der Waals surface area contributed by atoms with E-state index < -0.39 is 0 Å². The summed E-state index contributed by atoms with van der Waals surface area (Å²) in [5.41, 5.74) is 3.09. The molecule has 0 radical (unpaired) electrons. The number of aromatic nitrogens is 3. The van der Waals surface area contributed by atoms with Crippen LogP contribution in [0.2, 0.25) is 0 Å². The highest BCUT2D eigenvalue weighted by atomic mass is 32.1. The number of nitrogens with one attached hydrogen (secondary N) is 1. The van der Waals surface area contributed by atoms with Gasteiger partial charge >= 0.3 is 0 Å². The van der Waals surface area contributed by atoms with Crippen molar-refractivity contribution in [1.82, 2.24) is 15.0 Å². The summed E-state index contributed by atoms with van der Waals surface area (Å²) < 4.78 is 0. The van der Waals surface area contributed by atoms with Crippen molar-refractivity contribution in [1.29, 1.82) is 0 Å². The predicted octanol–water partition coefficient (Wildman–Crippen LogP) is 3.21. The van der Waals surface area contributed by atoms with E-state index in [-0.39, 0.29) is 0 Å². The van der Waals surface area contributed by atoms with Gasteiger partial charge in [0.15, 0.2) is 5.82 Å². The van der Waals surface area contributed by atoms with E-state index in [1.165, 1.54) is 0 Å². The average Bonchev–Trinajstić information content (AvgIpc) is 2.79. The maximum atomic E-state index is 4.61. The molecule has 0 aliphatic rings. The topological polar surface area (TPSA) is 50.7 Å². The summed E-state index contributed by atoms with van der Waals surface area (Å²) in [5, 5.41) is 6.34. The van der Waals surface area contributed by atoms with Crippen molar-refractivity contribution in [3.8, 4) is 11.5 Å². The van der Waals surface area contributed by atoms with Gasteiger partial charge < -0.3 is 5.32 Å². The van der Waals surface area contributed by atoms with Crippen molar-refractivity contribution in [3.63, 3.8) is 0 Å². The number of hydrogen-bond donors (Lipinski definition) is 1. The summed E-state index contributed by atoms with van der Waals surface area (Å²) in [5.74, 6) is 1.64. The van der Waals surface area contributed by atoms with Crippen LogP contribution >= 0.6 is 11.3 Å². The van der Waals surface area contributed by atoms with Crippen LogP contribution in [0.1, 0.15) is 30.1 Å². The van der Waals surface area contributed by atoms with E-state index in [9.17, 15) is 0 Å². The second-order valence-corrected chi connectivity index (χ2v) is 5.17. The zero-order valence-corrected chi connectivity index (χ0v) is 12.1. The number of rotatable bonds is 4. The molecule has 2 aromatic rings. The molecule has 18 heavy (non-hydrogen) atoms.